The van der Waals surface area contributed by atoms with Gasteiger partial charge in [0.15, 0.2) is 0 Å². The van der Waals surface area contributed by atoms with Crippen molar-refractivity contribution >= 4 is 12.6 Å². The molecule has 2 rings (SSSR count). The van der Waals surface area contributed by atoms with Crippen molar-refractivity contribution in [3.05, 3.63) is 29.6 Å². The van der Waals surface area contributed by atoms with E-state index >= 15 is 0 Å². The van der Waals surface area contributed by atoms with E-state index in [1.807, 2.05) is 0 Å². The highest BCUT2D eigenvalue weighted by atomic mass is 19.1. The van der Waals surface area contributed by atoms with Gasteiger partial charge in [-0.05, 0) is 31.0 Å². The number of nitrogens with zero attached hydrogens (tertiary/aromatic N) is 1. The van der Waals surface area contributed by atoms with E-state index in [4.69, 9.17) is 10.0 Å². The first-order valence-corrected chi connectivity index (χ1v) is 7.00. The molecule has 1 aliphatic rings. The van der Waals surface area contributed by atoms with Gasteiger partial charge < -0.3 is 10.0 Å². The summed E-state index contributed by atoms with van der Waals surface area (Å²) in [5.41, 5.74) is 0.887. The van der Waals surface area contributed by atoms with Crippen LogP contribution in [0.5, 0.6) is 0 Å². The maximum atomic E-state index is 13.4. The van der Waals surface area contributed by atoms with Gasteiger partial charge in [0.05, 0.1) is 0 Å². The zero-order valence-electron chi connectivity index (χ0n) is 11.3. The Labute approximate surface area is 114 Å². The average molecular weight is 265 g/mol. The van der Waals surface area contributed by atoms with Crippen LogP contribution in [0.15, 0.2) is 18.2 Å². The third-order valence-corrected chi connectivity index (χ3v) is 3.97. The average Bonchev–Trinajstić information content (AvgIpc) is 2.91. The van der Waals surface area contributed by atoms with Crippen LogP contribution in [-0.2, 0) is 6.54 Å². The summed E-state index contributed by atoms with van der Waals surface area (Å²) in [6, 6.07) is 5.20. The normalized spacial score (nSPS) is 16.3. The van der Waals surface area contributed by atoms with Gasteiger partial charge in [0.25, 0.3) is 0 Å². The Bertz CT molecular complexity index is 422. The monoisotopic (exact) mass is 265 g/mol. The lowest BCUT2D eigenvalue weighted by atomic mass is 9.79. The summed E-state index contributed by atoms with van der Waals surface area (Å²) in [7, 11) is -1.75. The fourth-order valence-corrected chi connectivity index (χ4v) is 2.89. The van der Waals surface area contributed by atoms with E-state index in [2.05, 4.69) is 11.8 Å². The number of halogens is 1. The van der Waals surface area contributed by atoms with Crippen molar-refractivity contribution in [1.82, 2.24) is 4.90 Å². The van der Waals surface area contributed by atoms with Crippen LogP contribution in [0.25, 0.3) is 0 Å². The number of rotatable bonds is 5. The predicted octanol–water partition coefficient (Wildman–Crippen LogP) is 1.27. The van der Waals surface area contributed by atoms with Gasteiger partial charge >= 0.3 is 7.12 Å². The van der Waals surface area contributed by atoms with E-state index in [-0.39, 0.29) is 5.46 Å². The second-order valence-electron chi connectivity index (χ2n) is 5.23. The van der Waals surface area contributed by atoms with Crippen molar-refractivity contribution < 1.29 is 14.4 Å². The van der Waals surface area contributed by atoms with Gasteiger partial charge in [-0.25, -0.2) is 4.39 Å². The number of hydrogen-bond acceptors (Lipinski definition) is 3. The summed E-state index contributed by atoms with van der Waals surface area (Å²) < 4.78 is 13.4. The molecule has 0 radical (unpaired) electrons. The van der Waals surface area contributed by atoms with Crippen LogP contribution >= 0.6 is 0 Å². The van der Waals surface area contributed by atoms with E-state index < -0.39 is 12.9 Å². The molecule has 1 saturated carbocycles. The minimum absolute atomic E-state index is 0.0417. The smallest absolute Gasteiger partial charge is 0.423 e. The van der Waals surface area contributed by atoms with Gasteiger partial charge in [0.1, 0.15) is 5.82 Å². The lowest BCUT2D eigenvalue weighted by Gasteiger charge is -2.27. The summed E-state index contributed by atoms with van der Waals surface area (Å²) in [6.45, 7) is 3.82. The van der Waals surface area contributed by atoms with Crippen LogP contribution in [0, 0.1) is 5.82 Å². The molecular formula is C14H21BFNO2. The van der Waals surface area contributed by atoms with E-state index in [1.54, 1.807) is 12.1 Å². The molecule has 1 aromatic carbocycles. The SMILES string of the molecule is CCN(Cc1ccc(F)c(B(O)O)c1)C1CCCC1. The van der Waals surface area contributed by atoms with Crippen LogP contribution < -0.4 is 5.46 Å². The molecule has 3 nitrogen and oxygen atoms in total. The fraction of sp³-hybridized carbons (Fsp3) is 0.571. The molecule has 0 unspecified atom stereocenters. The lowest BCUT2D eigenvalue weighted by molar-refractivity contribution is 0.200. The molecule has 2 N–H and O–H groups in total. The van der Waals surface area contributed by atoms with Gasteiger partial charge in [-0.3, -0.25) is 4.90 Å². The van der Waals surface area contributed by atoms with Crippen LogP contribution in [0.3, 0.4) is 0 Å². The third-order valence-electron chi connectivity index (χ3n) is 3.97. The molecule has 0 bridgehead atoms. The summed E-state index contributed by atoms with van der Waals surface area (Å²) in [5.74, 6) is -0.567. The van der Waals surface area contributed by atoms with E-state index in [1.165, 1.54) is 31.7 Å². The van der Waals surface area contributed by atoms with Crippen LogP contribution in [0.4, 0.5) is 4.39 Å². The number of hydrogen-bond donors (Lipinski definition) is 2. The van der Waals surface area contributed by atoms with Gasteiger partial charge in [-0.15, -0.1) is 0 Å². The third kappa shape index (κ3) is 3.56. The van der Waals surface area contributed by atoms with Crippen molar-refractivity contribution in [2.24, 2.45) is 0 Å². The molecule has 0 saturated heterocycles. The van der Waals surface area contributed by atoms with Crippen molar-refractivity contribution in [1.29, 1.82) is 0 Å². The van der Waals surface area contributed by atoms with Crippen LogP contribution in [-0.4, -0.2) is 34.7 Å². The second kappa shape index (κ2) is 6.50. The molecule has 1 aromatic rings. The maximum absolute atomic E-state index is 13.4. The Morgan fingerprint density at radius 3 is 2.58 bits per heavy atom. The van der Waals surface area contributed by atoms with Gasteiger partial charge in [0, 0.05) is 18.0 Å². The number of benzene rings is 1. The second-order valence-corrected chi connectivity index (χ2v) is 5.23. The topological polar surface area (TPSA) is 43.7 Å². The molecular weight excluding hydrogens is 244 g/mol. The van der Waals surface area contributed by atoms with Crippen molar-refractivity contribution in [2.45, 2.75) is 45.2 Å². The standard InChI is InChI=1S/C14H21BFNO2/c1-2-17(12-5-3-4-6-12)10-11-7-8-14(16)13(9-11)15(18)19/h7-9,12,18-19H,2-6,10H2,1H3. The molecule has 5 heteroatoms. The van der Waals surface area contributed by atoms with Crippen LogP contribution in [0.2, 0.25) is 0 Å². The zero-order valence-corrected chi connectivity index (χ0v) is 11.3. The highest BCUT2D eigenvalue weighted by molar-refractivity contribution is 6.58. The van der Waals surface area contributed by atoms with Crippen molar-refractivity contribution in [3.8, 4) is 0 Å². The van der Waals surface area contributed by atoms with Crippen LogP contribution in [0.1, 0.15) is 38.2 Å². The molecule has 0 amide bonds. The summed E-state index contributed by atoms with van der Waals surface area (Å²) in [4.78, 5) is 2.38. The van der Waals surface area contributed by atoms with Gasteiger partial charge in [-0.2, -0.15) is 0 Å². The first-order chi connectivity index (χ1) is 9.11. The largest absolute Gasteiger partial charge is 0.491 e. The van der Waals surface area contributed by atoms with Crippen molar-refractivity contribution in [3.63, 3.8) is 0 Å². The molecule has 1 fully saturated rings. The highest BCUT2D eigenvalue weighted by Crippen LogP contribution is 2.24. The van der Waals surface area contributed by atoms with Crippen molar-refractivity contribution in [2.75, 3.05) is 6.54 Å². The predicted molar refractivity (Wildman–Crippen MR) is 74.6 cm³/mol. The zero-order chi connectivity index (χ0) is 13.8. The van der Waals surface area contributed by atoms with Gasteiger partial charge in [-0.1, -0.05) is 31.9 Å². The molecule has 0 atom stereocenters. The van der Waals surface area contributed by atoms with E-state index in [0.29, 0.717) is 6.04 Å². The summed E-state index contributed by atoms with van der Waals surface area (Å²) >= 11 is 0. The Hall–Kier alpha value is -0.905. The molecule has 0 heterocycles. The summed E-state index contributed by atoms with van der Waals surface area (Å²) in [6.07, 6.45) is 5.02. The Balaban J connectivity index is 2.10. The lowest BCUT2D eigenvalue weighted by Crippen LogP contribution is -2.35. The minimum atomic E-state index is -1.75. The summed E-state index contributed by atoms with van der Waals surface area (Å²) in [5, 5.41) is 18.3. The molecule has 104 valence electrons. The molecule has 19 heavy (non-hydrogen) atoms. The first kappa shape index (κ1) is 14.5. The molecule has 0 spiro atoms. The van der Waals surface area contributed by atoms with Gasteiger partial charge in [0.2, 0.25) is 0 Å². The minimum Gasteiger partial charge on any atom is -0.423 e. The highest BCUT2D eigenvalue weighted by Gasteiger charge is 2.22. The first-order valence-electron chi connectivity index (χ1n) is 7.00. The van der Waals surface area contributed by atoms with E-state index in [9.17, 15) is 4.39 Å². The Morgan fingerprint density at radius 2 is 2.00 bits per heavy atom. The molecule has 1 aliphatic carbocycles. The maximum Gasteiger partial charge on any atom is 0.491 e. The van der Waals surface area contributed by atoms with E-state index in [0.717, 1.165) is 18.7 Å². The molecule has 0 aliphatic heterocycles. The fourth-order valence-electron chi connectivity index (χ4n) is 2.89. The quantitative estimate of drug-likeness (QED) is 0.788. The Kier molecular flexibility index (Phi) is 4.96. The Morgan fingerprint density at radius 1 is 1.32 bits per heavy atom. The molecule has 0 aromatic heterocycles.